The van der Waals surface area contributed by atoms with Crippen LogP contribution in [-0.4, -0.2) is 27.7 Å². The van der Waals surface area contributed by atoms with Crippen LogP contribution >= 0.6 is 0 Å². The number of anilines is 2. The van der Waals surface area contributed by atoms with Gasteiger partial charge >= 0.3 is 0 Å². The summed E-state index contributed by atoms with van der Waals surface area (Å²) in [4.78, 5) is 23.6. The molecular formula is C14H14N4O3. The van der Waals surface area contributed by atoms with Gasteiger partial charge in [0.2, 0.25) is 0 Å². The van der Waals surface area contributed by atoms with Crippen LogP contribution in [0.4, 0.5) is 11.4 Å². The first kappa shape index (κ1) is 13.2. The Bertz CT molecular complexity index is 723. The predicted octanol–water partition coefficient (Wildman–Crippen LogP) is 1.39. The van der Waals surface area contributed by atoms with Crippen LogP contribution in [0, 0.1) is 0 Å². The molecule has 0 saturated heterocycles. The van der Waals surface area contributed by atoms with Gasteiger partial charge in [0.1, 0.15) is 5.75 Å². The van der Waals surface area contributed by atoms with Gasteiger partial charge in [-0.3, -0.25) is 14.3 Å². The summed E-state index contributed by atoms with van der Waals surface area (Å²) >= 11 is 0. The van der Waals surface area contributed by atoms with E-state index in [2.05, 4.69) is 15.7 Å². The summed E-state index contributed by atoms with van der Waals surface area (Å²) in [6, 6.07) is 5.09. The van der Waals surface area contributed by atoms with E-state index < -0.39 is 6.10 Å². The lowest BCUT2D eigenvalue weighted by Gasteiger charge is -2.23. The lowest BCUT2D eigenvalue weighted by Crippen LogP contribution is -2.34. The second kappa shape index (κ2) is 4.93. The number of benzene rings is 1. The monoisotopic (exact) mass is 286 g/mol. The van der Waals surface area contributed by atoms with Crippen LogP contribution in [0.1, 0.15) is 17.3 Å². The first-order valence-corrected chi connectivity index (χ1v) is 6.44. The molecule has 2 heterocycles. The van der Waals surface area contributed by atoms with E-state index in [1.165, 1.54) is 6.20 Å². The number of hydrogen-bond acceptors (Lipinski definition) is 4. The highest BCUT2D eigenvalue weighted by molar-refractivity contribution is 6.05. The van der Waals surface area contributed by atoms with Crippen LogP contribution in [-0.2, 0) is 11.8 Å². The fraction of sp³-hybridized carbons (Fsp3) is 0.214. The van der Waals surface area contributed by atoms with Crippen LogP contribution in [0.15, 0.2) is 30.6 Å². The Morgan fingerprint density at radius 3 is 3.00 bits per heavy atom. The molecule has 0 fully saturated rings. The van der Waals surface area contributed by atoms with E-state index in [4.69, 9.17) is 4.74 Å². The standard InChI is InChI=1S/C14H14N4O3/c1-8-13(19)17-11-5-10(3-4-12(11)21-8)16-14(20)9-6-15-18(2)7-9/h3-8H,1-2H3,(H,16,20)(H,17,19)/t8-/m1/s1. The molecular weight excluding hydrogens is 272 g/mol. The van der Waals surface area contributed by atoms with E-state index in [1.54, 1.807) is 43.0 Å². The van der Waals surface area contributed by atoms with Gasteiger partial charge < -0.3 is 15.4 Å². The van der Waals surface area contributed by atoms with Gasteiger partial charge in [0.05, 0.1) is 17.4 Å². The minimum absolute atomic E-state index is 0.210. The molecule has 0 aliphatic carbocycles. The maximum absolute atomic E-state index is 12.0. The number of nitrogens with zero attached hydrogens (tertiary/aromatic N) is 2. The number of aromatic nitrogens is 2. The zero-order chi connectivity index (χ0) is 15.0. The van der Waals surface area contributed by atoms with Gasteiger partial charge in [-0.05, 0) is 25.1 Å². The summed E-state index contributed by atoms with van der Waals surface area (Å²) in [6.45, 7) is 1.68. The average Bonchev–Trinajstić information content (AvgIpc) is 2.87. The fourth-order valence-electron chi connectivity index (χ4n) is 2.03. The maximum Gasteiger partial charge on any atom is 0.265 e. The second-order valence-corrected chi connectivity index (χ2v) is 4.82. The van der Waals surface area contributed by atoms with Gasteiger partial charge in [-0.15, -0.1) is 0 Å². The molecule has 3 rings (SSSR count). The Kier molecular flexibility index (Phi) is 3.09. The molecule has 2 N–H and O–H groups in total. The highest BCUT2D eigenvalue weighted by atomic mass is 16.5. The number of aryl methyl sites for hydroxylation is 1. The first-order valence-electron chi connectivity index (χ1n) is 6.44. The molecule has 2 amide bonds. The third-order valence-corrected chi connectivity index (χ3v) is 3.14. The number of amides is 2. The summed E-state index contributed by atoms with van der Waals surface area (Å²) in [5, 5.41) is 9.43. The summed E-state index contributed by atoms with van der Waals surface area (Å²) in [5.41, 5.74) is 1.58. The number of ether oxygens (including phenoxy) is 1. The smallest absolute Gasteiger partial charge is 0.265 e. The highest BCUT2D eigenvalue weighted by Crippen LogP contribution is 2.32. The molecule has 0 unspecified atom stereocenters. The van der Waals surface area contributed by atoms with Gasteiger partial charge in [-0.2, -0.15) is 5.10 Å². The molecule has 0 saturated carbocycles. The number of hydrogen-bond donors (Lipinski definition) is 2. The predicted molar refractivity (Wildman–Crippen MR) is 76.3 cm³/mol. The van der Waals surface area contributed by atoms with Crippen LogP contribution in [0.2, 0.25) is 0 Å². The molecule has 1 aromatic heterocycles. The molecule has 0 bridgehead atoms. The summed E-state index contributed by atoms with van der Waals surface area (Å²) < 4.78 is 7.01. The number of carbonyl (C=O) groups excluding carboxylic acids is 2. The minimum Gasteiger partial charge on any atom is -0.479 e. The summed E-state index contributed by atoms with van der Waals surface area (Å²) in [7, 11) is 1.74. The number of rotatable bonds is 2. The van der Waals surface area contributed by atoms with Crippen molar-refractivity contribution in [1.29, 1.82) is 0 Å². The van der Waals surface area contributed by atoms with E-state index in [-0.39, 0.29) is 11.8 Å². The Morgan fingerprint density at radius 1 is 1.48 bits per heavy atom. The van der Waals surface area contributed by atoms with E-state index in [1.807, 2.05) is 0 Å². The number of carbonyl (C=O) groups is 2. The van der Waals surface area contributed by atoms with Crippen molar-refractivity contribution in [3.05, 3.63) is 36.2 Å². The van der Waals surface area contributed by atoms with Crippen LogP contribution in [0.5, 0.6) is 5.75 Å². The third kappa shape index (κ3) is 2.58. The third-order valence-electron chi connectivity index (χ3n) is 3.14. The first-order chi connectivity index (χ1) is 10.0. The second-order valence-electron chi connectivity index (χ2n) is 4.82. The highest BCUT2D eigenvalue weighted by Gasteiger charge is 2.23. The Hall–Kier alpha value is -2.83. The zero-order valence-corrected chi connectivity index (χ0v) is 11.6. The normalized spacial score (nSPS) is 16.7. The van der Waals surface area contributed by atoms with Gasteiger partial charge in [0.15, 0.2) is 6.10 Å². The zero-order valence-electron chi connectivity index (χ0n) is 11.6. The molecule has 1 aliphatic heterocycles. The van der Waals surface area contributed by atoms with E-state index in [9.17, 15) is 9.59 Å². The fourth-order valence-corrected chi connectivity index (χ4v) is 2.03. The topological polar surface area (TPSA) is 85.2 Å². The summed E-state index contributed by atoms with van der Waals surface area (Å²) in [6.07, 6.45) is 2.59. The number of fused-ring (bicyclic) bond motifs is 1. The van der Waals surface area contributed by atoms with Crippen molar-refractivity contribution >= 4 is 23.2 Å². The molecule has 1 atom stereocenters. The quantitative estimate of drug-likeness (QED) is 0.873. The summed E-state index contributed by atoms with van der Waals surface area (Å²) in [5.74, 6) is 0.110. The molecule has 0 spiro atoms. The van der Waals surface area contributed by atoms with Crippen molar-refractivity contribution < 1.29 is 14.3 Å². The van der Waals surface area contributed by atoms with Crippen molar-refractivity contribution in [2.75, 3.05) is 10.6 Å². The van der Waals surface area contributed by atoms with Crippen LogP contribution in [0.3, 0.4) is 0 Å². The molecule has 2 aromatic rings. The van der Waals surface area contributed by atoms with Crippen molar-refractivity contribution in [2.24, 2.45) is 7.05 Å². The molecule has 0 radical (unpaired) electrons. The largest absolute Gasteiger partial charge is 0.479 e. The average molecular weight is 286 g/mol. The van der Waals surface area contributed by atoms with E-state index in [0.717, 1.165) is 0 Å². The molecule has 1 aliphatic rings. The minimum atomic E-state index is -0.520. The van der Waals surface area contributed by atoms with Gasteiger partial charge in [-0.25, -0.2) is 0 Å². The van der Waals surface area contributed by atoms with E-state index >= 15 is 0 Å². The van der Waals surface area contributed by atoms with Crippen LogP contribution < -0.4 is 15.4 Å². The SMILES string of the molecule is C[C@H]1Oc2ccc(NC(=O)c3cnn(C)c3)cc2NC1=O. The Morgan fingerprint density at radius 2 is 2.29 bits per heavy atom. The molecule has 1 aromatic carbocycles. The maximum atomic E-state index is 12.0. The Balaban J connectivity index is 1.80. The van der Waals surface area contributed by atoms with Crippen molar-refractivity contribution in [3.8, 4) is 5.75 Å². The van der Waals surface area contributed by atoms with Crippen molar-refractivity contribution in [2.45, 2.75) is 13.0 Å². The molecule has 7 heteroatoms. The van der Waals surface area contributed by atoms with Crippen molar-refractivity contribution in [3.63, 3.8) is 0 Å². The number of nitrogens with one attached hydrogen (secondary N) is 2. The van der Waals surface area contributed by atoms with Crippen molar-refractivity contribution in [1.82, 2.24) is 9.78 Å². The molecule has 108 valence electrons. The van der Waals surface area contributed by atoms with Gasteiger partial charge in [0, 0.05) is 18.9 Å². The van der Waals surface area contributed by atoms with Gasteiger partial charge in [-0.1, -0.05) is 0 Å². The van der Waals surface area contributed by atoms with Gasteiger partial charge in [0.25, 0.3) is 11.8 Å². The Labute approximate surface area is 120 Å². The lowest BCUT2D eigenvalue weighted by molar-refractivity contribution is -0.122. The van der Waals surface area contributed by atoms with E-state index in [0.29, 0.717) is 22.7 Å². The molecule has 7 nitrogen and oxygen atoms in total. The lowest BCUT2D eigenvalue weighted by atomic mass is 10.2. The molecule has 21 heavy (non-hydrogen) atoms. The van der Waals surface area contributed by atoms with Crippen LogP contribution in [0.25, 0.3) is 0 Å².